The molecule has 0 unspecified atom stereocenters. The van der Waals surface area contributed by atoms with Crippen LogP contribution in [0.1, 0.15) is 0 Å². The van der Waals surface area contributed by atoms with Crippen molar-refractivity contribution in [1.82, 2.24) is 9.88 Å². The number of ether oxygens (including phenoxy) is 1. The molecule has 2 heterocycles. The lowest BCUT2D eigenvalue weighted by molar-refractivity contribution is 0.266. The maximum Gasteiger partial charge on any atom is 0.183 e. The lowest BCUT2D eigenvalue weighted by Gasteiger charge is -2.36. The van der Waals surface area contributed by atoms with Crippen LogP contribution in [0.15, 0.2) is 48.5 Å². The molecule has 0 atom stereocenters. The van der Waals surface area contributed by atoms with E-state index in [1.807, 2.05) is 18.2 Å². The van der Waals surface area contributed by atoms with Crippen molar-refractivity contribution in [3.63, 3.8) is 0 Å². The van der Waals surface area contributed by atoms with Crippen molar-refractivity contribution in [2.24, 2.45) is 0 Å². The smallest absolute Gasteiger partial charge is 0.183 e. The lowest BCUT2D eigenvalue weighted by Crippen LogP contribution is -2.47. The van der Waals surface area contributed by atoms with Gasteiger partial charge in [-0.2, -0.15) is 0 Å². The summed E-state index contributed by atoms with van der Waals surface area (Å²) in [4.78, 5) is 9.55. The van der Waals surface area contributed by atoms with Gasteiger partial charge in [0, 0.05) is 39.3 Å². The number of methoxy groups -OCH3 is 1. The first-order chi connectivity index (χ1) is 12.8. The lowest BCUT2D eigenvalue weighted by atomic mass is 10.2. The monoisotopic (exact) mass is 368 g/mol. The average molecular weight is 369 g/mol. The minimum Gasteiger partial charge on any atom is -0.495 e. The quantitative estimate of drug-likeness (QED) is 0.721. The van der Waals surface area contributed by atoms with Crippen LogP contribution in [-0.2, 0) is 0 Å². The van der Waals surface area contributed by atoms with Crippen LogP contribution in [0.25, 0.3) is 10.2 Å². The molecule has 0 spiro atoms. The number of fused-ring (bicyclic) bond motifs is 1. The molecule has 0 bridgehead atoms. The first-order valence-corrected chi connectivity index (χ1v) is 9.85. The molecule has 5 nitrogen and oxygen atoms in total. The van der Waals surface area contributed by atoms with E-state index in [0.29, 0.717) is 0 Å². The first kappa shape index (κ1) is 17.1. The highest BCUT2D eigenvalue weighted by Gasteiger charge is 2.19. The number of aromatic nitrogens is 1. The first-order valence-electron chi connectivity index (χ1n) is 9.03. The van der Waals surface area contributed by atoms with Gasteiger partial charge in [0.15, 0.2) is 5.13 Å². The van der Waals surface area contributed by atoms with Crippen LogP contribution < -0.4 is 15.0 Å². The van der Waals surface area contributed by atoms with Gasteiger partial charge in [0.2, 0.25) is 0 Å². The summed E-state index contributed by atoms with van der Waals surface area (Å²) in [5.74, 6) is 0.957. The Morgan fingerprint density at radius 1 is 1.04 bits per heavy atom. The summed E-state index contributed by atoms with van der Waals surface area (Å²) in [6.07, 6.45) is 0. The fourth-order valence-corrected chi connectivity index (χ4v) is 4.26. The van der Waals surface area contributed by atoms with Gasteiger partial charge in [-0.3, -0.25) is 4.90 Å². The number of piperazine rings is 1. The summed E-state index contributed by atoms with van der Waals surface area (Å²) in [6, 6.07) is 16.5. The van der Waals surface area contributed by atoms with Gasteiger partial charge < -0.3 is 15.0 Å². The van der Waals surface area contributed by atoms with Crippen molar-refractivity contribution in [2.75, 3.05) is 56.6 Å². The van der Waals surface area contributed by atoms with Crippen LogP contribution in [0.5, 0.6) is 5.75 Å². The molecule has 6 heteroatoms. The van der Waals surface area contributed by atoms with Gasteiger partial charge in [0.25, 0.3) is 0 Å². The van der Waals surface area contributed by atoms with Crippen molar-refractivity contribution in [1.29, 1.82) is 0 Å². The zero-order valence-corrected chi connectivity index (χ0v) is 15.8. The predicted octanol–water partition coefficient (Wildman–Crippen LogP) is 3.54. The second-order valence-electron chi connectivity index (χ2n) is 6.41. The number of para-hydroxylation sites is 3. The summed E-state index contributed by atoms with van der Waals surface area (Å²) >= 11 is 1.72. The maximum atomic E-state index is 5.49. The van der Waals surface area contributed by atoms with E-state index in [2.05, 4.69) is 50.4 Å². The van der Waals surface area contributed by atoms with Crippen LogP contribution in [0.2, 0.25) is 0 Å². The highest BCUT2D eigenvalue weighted by atomic mass is 32.1. The zero-order valence-electron chi connectivity index (χ0n) is 15.0. The van der Waals surface area contributed by atoms with Crippen LogP contribution >= 0.6 is 11.3 Å². The largest absolute Gasteiger partial charge is 0.495 e. The minimum atomic E-state index is 0.925. The highest BCUT2D eigenvalue weighted by molar-refractivity contribution is 7.22. The molecule has 1 aromatic heterocycles. The molecule has 1 N–H and O–H groups in total. The molecule has 1 aliphatic rings. The molecule has 136 valence electrons. The third kappa shape index (κ3) is 3.76. The molecule has 1 aliphatic heterocycles. The van der Waals surface area contributed by atoms with Crippen LogP contribution in [0.3, 0.4) is 0 Å². The number of anilines is 2. The molecule has 0 saturated carbocycles. The molecule has 2 aromatic carbocycles. The number of nitrogens with zero attached hydrogens (tertiary/aromatic N) is 3. The Labute approximate surface area is 158 Å². The van der Waals surface area contributed by atoms with Gasteiger partial charge in [-0.25, -0.2) is 4.98 Å². The SMILES string of the molecule is COc1ccccc1N1CCN(CCNc2nc3ccccc3s2)CC1. The van der Waals surface area contributed by atoms with Gasteiger partial charge >= 0.3 is 0 Å². The Hall–Kier alpha value is -2.31. The maximum absolute atomic E-state index is 5.49. The van der Waals surface area contributed by atoms with Gasteiger partial charge in [-0.15, -0.1) is 0 Å². The molecule has 3 aromatic rings. The Morgan fingerprint density at radius 2 is 1.81 bits per heavy atom. The van der Waals surface area contributed by atoms with E-state index in [9.17, 15) is 0 Å². The Balaban J connectivity index is 1.26. The Kier molecular flexibility index (Phi) is 5.22. The molecule has 1 saturated heterocycles. The van der Waals surface area contributed by atoms with Gasteiger partial charge in [-0.1, -0.05) is 35.6 Å². The van der Waals surface area contributed by atoms with Crippen LogP contribution in [0.4, 0.5) is 10.8 Å². The van der Waals surface area contributed by atoms with Crippen molar-refractivity contribution in [3.05, 3.63) is 48.5 Å². The second kappa shape index (κ2) is 7.93. The minimum absolute atomic E-state index is 0.925. The van der Waals surface area contributed by atoms with Crippen molar-refractivity contribution < 1.29 is 4.74 Å². The van der Waals surface area contributed by atoms with Crippen LogP contribution in [0, 0.1) is 0 Å². The second-order valence-corrected chi connectivity index (χ2v) is 7.44. The van der Waals surface area contributed by atoms with E-state index in [4.69, 9.17) is 4.74 Å². The highest BCUT2D eigenvalue weighted by Crippen LogP contribution is 2.28. The standard InChI is InChI=1S/C20H24N4OS/c1-25-18-8-4-3-7-17(18)24-14-12-23(13-15-24)11-10-21-20-22-16-6-2-5-9-19(16)26-20/h2-9H,10-15H2,1H3,(H,21,22). The van der Waals surface area contributed by atoms with E-state index in [0.717, 1.165) is 55.7 Å². The van der Waals surface area contributed by atoms with E-state index in [1.54, 1.807) is 18.4 Å². The summed E-state index contributed by atoms with van der Waals surface area (Å²) in [6.45, 7) is 6.16. The third-order valence-electron chi connectivity index (χ3n) is 4.80. The predicted molar refractivity (Wildman–Crippen MR) is 110 cm³/mol. The van der Waals surface area contributed by atoms with Crippen molar-refractivity contribution in [2.45, 2.75) is 0 Å². The zero-order chi connectivity index (χ0) is 17.8. The fraction of sp³-hybridized carbons (Fsp3) is 0.350. The summed E-state index contributed by atoms with van der Waals surface area (Å²) in [5, 5.41) is 4.49. The van der Waals surface area contributed by atoms with E-state index in [1.165, 1.54) is 10.4 Å². The summed E-state index contributed by atoms with van der Waals surface area (Å²) in [7, 11) is 1.74. The number of benzene rings is 2. The van der Waals surface area contributed by atoms with E-state index < -0.39 is 0 Å². The topological polar surface area (TPSA) is 40.6 Å². The van der Waals surface area contributed by atoms with Gasteiger partial charge in [0.05, 0.1) is 23.0 Å². The number of hydrogen-bond donors (Lipinski definition) is 1. The molecule has 26 heavy (non-hydrogen) atoms. The molecule has 1 fully saturated rings. The molecule has 0 amide bonds. The number of hydrogen-bond acceptors (Lipinski definition) is 6. The van der Waals surface area contributed by atoms with Gasteiger partial charge in [0.1, 0.15) is 5.75 Å². The molecule has 0 radical (unpaired) electrons. The number of rotatable bonds is 6. The molecule has 0 aliphatic carbocycles. The summed E-state index contributed by atoms with van der Waals surface area (Å²) in [5.41, 5.74) is 2.27. The van der Waals surface area contributed by atoms with E-state index >= 15 is 0 Å². The number of nitrogens with one attached hydrogen (secondary N) is 1. The Bertz CT molecular complexity index is 825. The van der Waals surface area contributed by atoms with Crippen LogP contribution in [-0.4, -0.2) is 56.3 Å². The molecular weight excluding hydrogens is 344 g/mol. The summed E-state index contributed by atoms with van der Waals surface area (Å²) < 4.78 is 6.73. The Morgan fingerprint density at radius 3 is 2.62 bits per heavy atom. The van der Waals surface area contributed by atoms with E-state index in [-0.39, 0.29) is 0 Å². The third-order valence-corrected chi connectivity index (χ3v) is 5.79. The number of thiazole rings is 1. The van der Waals surface area contributed by atoms with Crippen molar-refractivity contribution >= 4 is 32.4 Å². The molecule has 4 rings (SSSR count). The molecular formula is C20H24N4OS. The normalized spacial score (nSPS) is 15.3. The average Bonchev–Trinajstić information content (AvgIpc) is 3.11. The van der Waals surface area contributed by atoms with Crippen molar-refractivity contribution in [3.8, 4) is 5.75 Å². The fourth-order valence-electron chi connectivity index (χ4n) is 3.37. The van der Waals surface area contributed by atoms with Gasteiger partial charge in [-0.05, 0) is 24.3 Å².